The van der Waals surface area contributed by atoms with Gasteiger partial charge in [-0.1, -0.05) is 26.0 Å². The first-order valence-corrected chi connectivity index (χ1v) is 6.61. The Hall–Kier alpha value is -1.68. The molecule has 0 atom stereocenters. The van der Waals surface area contributed by atoms with Crippen molar-refractivity contribution >= 4 is 0 Å². The average molecular weight is 261 g/mol. The van der Waals surface area contributed by atoms with Crippen LogP contribution in [0.15, 0.2) is 36.5 Å². The molecule has 4 heteroatoms. The molecule has 0 spiro atoms. The SMILES string of the molecule is CC(C)Cn1ccc(CNCc2ccc(F)cc2)n1. The number of nitrogens with one attached hydrogen (secondary N) is 1. The lowest BCUT2D eigenvalue weighted by atomic mass is 10.2. The molecule has 1 N–H and O–H groups in total. The van der Waals surface area contributed by atoms with E-state index in [1.165, 1.54) is 12.1 Å². The van der Waals surface area contributed by atoms with Gasteiger partial charge in [0.05, 0.1) is 5.69 Å². The molecule has 0 aliphatic rings. The molecule has 19 heavy (non-hydrogen) atoms. The fourth-order valence-corrected chi connectivity index (χ4v) is 1.91. The van der Waals surface area contributed by atoms with Gasteiger partial charge in [-0.3, -0.25) is 4.68 Å². The van der Waals surface area contributed by atoms with Gasteiger partial charge in [-0.25, -0.2) is 4.39 Å². The highest BCUT2D eigenvalue weighted by Crippen LogP contribution is 2.04. The molecule has 0 aliphatic carbocycles. The third-order valence-corrected chi connectivity index (χ3v) is 2.80. The Bertz CT molecular complexity index is 502. The fraction of sp³-hybridized carbons (Fsp3) is 0.400. The van der Waals surface area contributed by atoms with Gasteiger partial charge in [0.15, 0.2) is 0 Å². The average Bonchev–Trinajstić information content (AvgIpc) is 2.78. The lowest BCUT2D eigenvalue weighted by Gasteiger charge is -2.05. The molecule has 0 saturated heterocycles. The predicted molar refractivity (Wildman–Crippen MR) is 74.0 cm³/mol. The molecule has 0 saturated carbocycles. The monoisotopic (exact) mass is 261 g/mol. The van der Waals surface area contributed by atoms with Crippen molar-refractivity contribution in [2.45, 2.75) is 33.5 Å². The van der Waals surface area contributed by atoms with E-state index in [4.69, 9.17) is 0 Å². The van der Waals surface area contributed by atoms with Crippen molar-refractivity contribution in [1.82, 2.24) is 15.1 Å². The van der Waals surface area contributed by atoms with Gasteiger partial charge in [0.2, 0.25) is 0 Å². The zero-order valence-corrected chi connectivity index (χ0v) is 11.4. The van der Waals surface area contributed by atoms with Crippen LogP contribution in [0.5, 0.6) is 0 Å². The molecule has 0 amide bonds. The summed E-state index contributed by atoms with van der Waals surface area (Å²) < 4.78 is 14.7. The second kappa shape index (κ2) is 6.48. The number of rotatable bonds is 6. The highest BCUT2D eigenvalue weighted by atomic mass is 19.1. The number of aromatic nitrogens is 2. The molecule has 1 heterocycles. The maximum Gasteiger partial charge on any atom is 0.123 e. The van der Waals surface area contributed by atoms with Crippen LogP contribution in [0.2, 0.25) is 0 Å². The molecule has 0 radical (unpaired) electrons. The van der Waals surface area contributed by atoms with Crippen molar-refractivity contribution in [1.29, 1.82) is 0 Å². The fourth-order valence-electron chi connectivity index (χ4n) is 1.91. The van der Waals surface area contributed by atoms with Crippen LogP contribution >= 0.6 is 0 Å². The molecule has 2 aromatic rings. The largest absolute Gasteiger partial charge is 0.307 e. The number of halogens is 1. The Morgan fingerprint density at radius 3 is 2.58 bits per heavy atom. The number of nitrogens with zero attached hydrogens (tertiary/aromatic N) is 2. The van der Waals surface area contributed by atoms with Gasteiger partial charge >= 0.3 is 0 Å². The molecule has 0 fully saturated rings. The molecule has 2 rings (SSSR count). The molecular weight excluding hydrogens is 241 g/mol. The van der Waals surface area contributed by atoms with E-state index in [0.29, 0.717) is 5.92 Å². The Kier molecular flexibility index (Phi) is 4.68. The standard InChI is InChI=1S/C15H20FN3/c1-12(2)11-19-8-7-15(18-19)10-17-9-13-3-5-14(16)6-4-13/h3-8,12,17H,9-11H2,1-2H3. The Balaban J connectivity index is 1.79. The minimum atomic E-state index is -0.198. The van der Waals surface area contributed by atoms with E-state index in [1.54, 1.807) is 12.1 Å². The van der Waals surface area contributed by atoms with Gasteiger partial charge in [0.25, 0.3) is 0 Å². The normalized spacial score (nSPS) is 11.2. The molecular formula is C15H20FN3. The zero-order valence-electron chi connectivity index (χ0n) is 11.4. The van der Waals surface area contributed by atoms with E-state index in [9.17, 15) is 4.39 Å². The van der Waals surface area contributed by atoms with Crippen molar-refractivity contribution in [2.75, 3.05) is 0 Å². The molecule has 3 nitrogen and oxygen atoms in total. The minimum absolute atomic E-state index is 0.198. The molecule has 0 bridgehead atoms. The second-order valence-corrected chi connectivity index (χ2v) is 5.15. The van der Waals surface area contributed by atoms with Crippen LogP contribution in [0.4, 0.5) is 4.39 Å². The lowest BCUT2D eigenvalue weighted by Crippen LogP contribution is -2.14. The van der Waals surface area contributed by atoms with Gasteiger partial charge in [-0.15, -0.1) is 0 Å². The van der Waals surface area contributed by atoms with E-state index in [1.807, 2.05) is 16.9 Å². The highest BCUT2D eigenvalue weighted by molar-refractivity contribution is 5.15. The first-order chi connectivity index (χ1) is 9.13. The van der Waals surface area contributed by atoms with Crippen LogP contribution in [-0.4, -0.2) is 9.78 Å². The number of hydrogen-bond donors (Lipinski definition) is 1. The van der Waals surface area contributed by atoms with Crippen LogP contribution in [0.3, 0.4) is 0 Å². The summed E-state index contributed by atoms with van der Waals surface area (Å²) in [5, 5.41) is 7.80. The summed E-state index contributed by atoms with van der Waals surface area (Å²) in [4.78, 5) is 0. The van der Waals surface area contributed by atoms with Gasteiger partial charge in [-0.2, -0.15) is 5.10 Å². The number of hydrogen-bond acceptors (Lipinski definition) is 2. The van der Waals surface area contributed by atoms with Crippen molar-refractivity contribution in [3.8, 4) is 0 Å². The summed E-state index contributed by atoms with van der Waals surface area (Å²) in [6.07, 6.45) is 2.01. The van der Waals surface area contributed by atoms with Crippen LogP contribution in [-0.2, 0) is 19.6 Å². The predicted octanol–water partition coefficient (Wildman–Crippen LogP) is 2.97. The summed E-state index contributed by atoms with van der Waals surface area (Å²) >= 11 is 0. The number of benzene rings is 1. The second-order valence-electron chi connectivity index (χ2n) is 5.15. The van der Waals surface area contributed by atoms with Crippen LogP contribution in [0.25, 0.3) is 0 Å². The Morgan fingerprint density at radius 1 is 1.16 bits per heavy atom. The first-order valence-electron chi connectivity index (χ1n) is 6.61. The van der Waals surface area contributed by atoms with E-state index < -0.39 is 0 Å². The third-order valence-electron chi connectivity index (χ3n) is 2.80. The van der Waals surface area contributed by atoms with E-state index >= 15 is 0 Å². The summed E-state index contributed by atoms with van der Waals surface area (Å²) in [7, 11) is 0. The minimum Gasteiger partial charge on any atom is -0.307 e. The lowest BCUT2D eigenvalue weighted by molar-refractivity contribution is 0.477. The summed E-state index contributed by atoms with van der Waals surface area (Å²) in [6.45, 7) is 6.74. The molecule has 0 unspecified atom stereocenters. The van der Waals surface area contributed by atoms with E-state index in [-0.39, 0.29) is 5.82 Å². The van der Waals surface area contributed by atoms with Crippen LogP contribution in [0, 0.1) is 11.7 Å². The van der Waals surface area contributed by atoms with Crippen molar-refractivity contribution < 1.29 is 4.39 Å². The van der Waals surface area contributed by atoms with Crippen molar-refractivity contribution in [3.63, 3.8) is 0 Å². The van der Waals surface area contributed by atoms with Crippen LogP contribution < -0.4 is 5.32 Å². The summed E-state index contributed by atoms with van der Waals surface area (Å²) in [5.74, 6) is 0.399. The van der Waals surface area contributed by atoms with Gasteiger partial charge in [0, 0.05) is 25.8 Å². The maximum atomic E-state index is 12.7. The molecule has 102 valence electrons. The van der Waals surface area contributed by atoms with Crippen molar-refractivity contribution in [3.05, 3.63) is 53.6 Å². The quantitative estimate of drug-likeness (QED) is 0.866. The van der Waals surface area contributed by atoms with Crippen molar-refractivity contribution in [2.24, 2.45) is 5.92 Å². The topological polar surface area (TPSA) is 29.9 Å². The zero-order chi connectivity index (χ0) is 13.7. The molecule has 0 aliphatic heterocycles. The van der Waals surface area contributed by atoms with E-state index in [0.717, 1.165) is 30.9 Å². The summed E-state index contributed by atoms with van der Waals surface area (Å²) in [6, 6.07) is 8.57. The first kappa shape index (κ1) is 13.7. The van der Waals surface area contributed by atoms with Gasteiger partial charge in [0.1, 0.15) is 5.82 Å². The Morgan fingerprint density at radius 2 is 1.89 bits per heavy atom. The molecule has 1 aromatic carbocycles. The summed E-state index contributed by atoms with van der Waals surface area (Å²) in [5.41, 5.74) is 2.10. The van der Waals surface area contributed by atoms with Gasteiger partial charge in [-0.05, 0) is 29.7 Å². The maximum absolute atomic E-state index is 12.7. The molecule has 1 aromatic heterocycles. The van der Waals surface area contributed by atoms with Gasteiger partial charge < -0.3 is 5.32 Å². The van der Waals surface area contributed by atoms with Crippen LogP contribution in [0.1, 0.15) is 25.1 Å². The van der Waals surface area contributed by atoms with E-state index in [2.05, 4.69) is 24.3 Å². The Labute approximate surface area is 113 Å². The highest BCUT2D eigenvalue weighted by Gasteiger charge is 2.01. The third kappa shape index (κ3) is 4.48. The smallest absolute Gasteiger partial charge is 0.123 e.